The Morgan fingerprint density at radius 1 is 1.40 bits per heavy atom. The van der Waals surface area contributed by atoms with E-state index in [2.05, 4.69) is 0 Å². The fourth-order valence-electron chi connectivity index (χ4n) is 1.66. The van der Waals surface area contributed by atoms with E-state index >= 15 is 0 Å². The fourth-order valence-corrected chi connectivity index (χ4v) is 1.66. The van der Waals surface area contributed by atoms with Crippen LogP contribution in [-0.4, -0.2) is 41.4 Å². The molecule has 4 heteroatoms. The zero-order valence-corrected chi connectivity index (χ0v) is 9.77. The molecule has 1 saturated heterocycles. The van der Waals surface area contributed by atoms with Crippen molar-refractivity contribution in [3.63, 3.8) is 0 Å². The molecule has 1 aliphatic heterocycles. The Kier molecular flexibility index (Phi) is 4.52. The van der Waals surface area contributed by atoms with Crippen LogP contribution in [0.15, 0.2) is 0 Å². The van der Waals surface area contributed by atoms with Crippen molar-refractivity contribution in [3.8, 4) is 0 Å². The predicted molar refractivity (Wildman–Crippen MR) is 56.4 cm³/mol. The van der Waals surface area contributed by atoms with Crippen LogP contribution in [0.1, 0.15) is 33.6 Å². The number of rotatable bonds is 5. The first kappa shape index (κ1) is 12.9. The topological polar surface area (TPSA) is 58.9 Å². The molecule has 1 fully saturated rings. The number of aliphatic hydroxyl groups excluding tert-OH is 1. The van der Waals surface area contributed by atoms with Crippen molar-refractivity contribution in [2.45, 2.75) is 51.6 Å². The van der Waals surface area contributed by atoms with E-state index in [1.165, 1.54) is 0 Å². The average Bonchev–Trinajstić information content (AvgIpc) is 2.57. The van der Waals surface area contributed by atoms with Gasteiger partial charge in [0.2, 0.25) is 0 Å². The summed E-state index contributed by atoms with van der Waals surface area (Å²) in [4.78, 5) is 0. The van der Waals surface area contributed by atoms with Crippen LogP contribution in [-0.2, 0) is 9.47 Å². The van der Waals surface area contributed by atoms with E-state index in [0.29, 0.717) is 26.1 Å². The minimum Gasteiger partial charge on any atom is -0.390 e. The zero-order valence-electron chi connectivity index (χ0n) is 9.77. The van der Waals surface area contributed by atoms with E-state index in [1.54, 1.807) is 0 Å². The second kappa shape index (κ2) is 5.25. The van der Waals surface area contributed by atoms with Gasteiger partial charge < -0.3 is 19.7 Å². The minimum absolute atomic E-state index is 0.0722. The molecule has 90 valence electrons. The van der Waals surface area contributed by atoms with Gasteiger partial charge in [-0.05, 0) is 12.8 Å². The van der Waals surface area contributed by atoms with E-state index < -0.39 is 11.9 Å². The van der Waals surface area contributed by atoms with Gasteiger partial charge in [-0.3, -0.25) is 0 Å². The summed E-state index contributed by atoms with van der Waals surface area (Å²) in [5.41, 5.74) is 0. The molecule has 0 spiro atoms. The van der Waals surface area contributed by atoms with Crippen molar-refractivity contribution in [3.05, 3.63) is 0 Å². The van der Waals surface area contributed by atoms with Gasteiger partial charge in [-0.25, -0.2) is 0 Å². The normalized spacial score (nSPS) is 32.2. The van der Waals surface area contributed by atoms with Crippen LogP contribution in [0.4, 0.5) is 0 Å². The first-order valence-corrected chi connectivity index (χ1v) is 5.68. The van der Waals surface area contributed by atoms with Crippen LogP contribution < -0.4 is 0 Å². The lowest BCUT2D eigenvalue weighted by Crippen LogP contribution is -2.35. The second-order valence-electron chi connectivity index (χ2n) is 4.26. The lowest BCUT2D eigenvalue weighted by atomic mass is 10.0. The number of hydrogen-bond acceptors (Lipinski definition) is 4. The van der Waals surface area contributed by atoms with Crippen LogP contribution in [0, 0.1) is 5.92 Å². The number of aliphatic hydroxyl groups is 2. The van der Waals surface area contributed by atoms with Gasteiger partial charge >= 0.3 is 0 Å². The maximum Gasteiger partial charge on any atom is 0.165 e. The van der Waals surface area contributed by atoms with Gasteiger partial charge in [0, 0.05) is 5.92 Å². The van der Waals surface area contributed by atoms with Crippen LogP contribution >= 0.6 is 0 Å². The third kappa shape index (κ3) is 3.14. The molecule has 0 aromatic heterocycles. The van der Waals surface area contributed by atoms with Crippen molar-refractivity contribution in [2.75, 3.05) is 13.2 Å². The van der Waals surface area contributed by atoms with E-state index in [0.717, 1.165) is 0 Å². The van der Waals surface area contributed by atoms with Crippen LogP contribution in [0.5, 0.6) is 0 Å². The molecule has 0 radical (unpaired) electrons. The monoisotopic (exact) mass is 218 g/mol. The second-order valence-corrected chi connectivity index (χ2v) is 4.26. The molecule has 3 unspecified atom stereocenters. The summed E-state index contributed by atoms with van der Waals surface area (Å²) < 4.78 is 10.8. The van der Waals surface area contributed by atoms with Crippen molar-refractivity contribution in [1.82, 2.24) is 0 Å². The van der Waals surface area contributed by atoms with Crippen molar-refractivity contribution in [2.24, 2.45) is 5.92 Å². The Labute approximate surface area is 91.2 Å². The van der Waals surface area contributed by atoms with E-state index in [1.807, 2.05) is 20.8 Å². The van der Waals surface area contributed by atoms with Crippen molar-refractivity contribution in [1.29, 1.82) is 0 Å². The highest BCUT2D eigenvalue weighted by Gasteiger charge is 2.34. The quantitative estimate of drug-likeness (QED) is 0.673. The molecular formula is C11H22O4. The molecule has 0 amide bonds. The third-order valence-corrected chi connectivity index (χ3v) is 3.30. The van der Waals surface area contributed by atoms with Gasteiger partial charge in [0.15, 0.2) is 5.79 Å². The fraction of sp³-hybridized carbons (Fsp3) is 1.00. The van der Waals surface area contributed by atoms with Gasteiger partial charge in [0.1, 0.15) is 0 Å². The SMILES string of the molecule is CCC(O)(CC)OCC1OCC(O)C1C. The summed E-state index contributed by atoms with van der Waals surface area (Å²) in [6.07, 6.45) is 0.611. The molecule has 0 aromatic carbocycles. The number of ether oxygens (including phenoxy) is 2. The summed E-state index contributed by atoms with van der Waals surface area (Å²) in [6, 6.07) is 0. The Hall–Kier alpha value is -0.160. The minimum atomic E-state index is -1.05. The Bertz CT molecular complexity index is 191. The number of hydrogen-bond donors (Lipinski definition) is 2. The molecule has 0 aromatic rings. The largest absolute Gasteiger partial charge is 0.390 e. The Morgan fingerprint density at radius 3 is 2.40 bits per heavy atom. The molecule has 1 aliphatic rings. The van der Waals surface area contributed by atoms with Crippen molar-refractivity contribution >= 4 is 0 Å². The van der Waals surface area contributed by atoms with E-state index in [4.69, 9.17) is 9.47 Å². The van der Waals surface area contributed by atoms with Gasteiger partial charge in [-0.2, -0.15) is 0 Å². The van der Waals surface area contributed by atoms with E-state index in [9.17, 15) is 10.2 Å². The van der Waals surface area contributed by atoms with Crippen molar-refractivity contribution < 1.29 is 19.7 Å². The molecule has 2 N–H and O–H groups in total. The van der Waals surface area contributed by atoms with Crippen LogP contribution in [0.25, 0.3) is 0 Å². The molecule has 4 nitrogen and oxygen atoms in total. The molecule has 1 rings (SSSR count). The first-order chi connectivity index (χ1) is 7.02. The summed E-state index contributed by atoms with van der Waals surface area (Å²) in [6.45, 7) is 6.42. The standard InChI is InChI=1S/C11H22O4/c1-4-11(13,5-2)15-7-10-8(3)9(12)6-14-10/h8-10,12-13H,4-7H2,1-3H3. The smallest absolute Gasteiger partial charge is 0.165 e. The summed E-state index contributed by atoms with van der Waals surface area (Å²) in [5.74, 6) is -0.973. The highest BCUT2D eigenvalue weighted by atomic mass is 16.6. The van der Waals surface area contributed by atoms with Crippen LogP contribution in [0.3, 0.4) is 0 Å². The lowest BCUT2D eigenvalue weighted by molar-refractivity contribution is -0.220. The van der Waals surface area contributed by atoms with Gasteiger partial charge in [-0.1, -0.05) is 20.8 Å². The average molecular weight is 218 g/mol. The van der Waals surface area contributed by atoms with Gasteiger partial charge in [-0.15, -0.1) is 0 Å². The highest BCUT2D eigenvalue weighted by Crippen LogP contribution is 2.24. The van der Waals surface area contributed by atoms with Gasteiger partial charge in [0.05, 0.1) is 25.4 Å². The molecule has 3 atom stereocenters. The molecular weight excluding hydrogens is 196 g/mol. The maximum absolute atomic E-state index is 9.90. The predicted octanol–water partition coefficient (Wildman–Crippen LogP) is 0.907. The maximum atomic E-state index is 9.90. The molecule has 0 bridgehead atoms. The molecule has 15 heavy (non-hydrogen) atoms. The van der Waals surface area contributed by atoms with E-state index in [-0.39, 0.29) is 12.0 Å². The Balaban J connectivity index is 2.37. The van der Waals surface area contributed by atoms with Crippen LogP contribution in [0.2, 0.25) is 0 Å². The lowest BCUT2D eigenvalue weighted by Gasteiger charge is -2.28. The summed E-state index contributed by atoms with van der Waals surface area (Å²) in [5, 5.41) is 19.4. The summed E-state index contributed by atoms with van der Waals surface area (Å²) in [7, 11) is 0. The first-order valence-electron chi connectivity index (χ1n) is 5.68. The highest BCUT2D eigenvalue weighted by molar-refractivity contribution is 4.80. The molecule has 1 heterocycles. The Morgan fingerprint density at radius 2 is 2.00 bits per heavy atom. The molecule has 0 aliphatic carbocycles. The third-order valence-electron chi connectivity index (χ3n) is 3.30. The zero-order chi connectivity index (χ0) is 11.5. The van der Waals surface area contributed by atoms with Gasteiger partial charge in [0.25, 0.3) is 0 Å². The summed E-state index contributed by atoms with van der Waals surface area (Å²) >= 11 is 0. The molecule has 0 saturated carbocycles.